The molecule has 0 fully saturated rings. The van der Waals surface area contributed by atoms with Gasteiger partial charge in [0.05, 0.1) is 22.5 Å². The SMILES string of the molecule is Cc1c(Nc2nc3ccccn3c(=O)c2[N+](=O)[O-])cnn1-c1ccccc1F. The predicted molar refractivity (Wildman–Crippen MR) is 99.7 cm³/mol. The van der Waals surface area contributed by atoms with Crippen molar-refractivity contribution in [3.05, 3.63) is 86.8 Å². The zero-order chi connectivity index (χ0) is 19.8. The summed E-state index contributed by atoms with van der Waals surface area (Å²) in [5.41, 5.74) is -0.166. The summed E-state index contributed by atoms with van der Waals surface area (Å²) in [6.45, 7) is 1.67. The fourth-order valence-electron chi connectivity index (χ4n) is 2.86. The normalized spacial score (nSPS) is 10.9. The summed E-state index contributed by atoms with van der Waals surface area (Å²) >= 11 is 0. The van der Waals surface area contributed by atoms with Crippen LogP contribution in [-0.2, 0) is 0 Å². The van der Waals surface area contributed by atoms with Gasteiger partial charge in [-0.2, -0.15) is 5.10 Å². The molecule has 0 spiro atoms. The number of aromatic nitrogens is 4. The molecule has 0 atom stereocenters. The van der Waals surface area contributed by atoms with Gasteiger partial charge in [-0.05, 0) is 31.2 Å². The zero-order valence-corrected chi connectivity index (χ0v) is 14.5. The van der Waals surface area contributed by atoms with E-state index in [4.69, 9.17) is 0 Å². The second kappa shape index (κ2) is 6.58. The van der Waals surface area contributed by atoms with Gasteiger partial charge in [0.2, 0.25) is 5.82 Å². The monoisotopic (exact) mass is 380 g/mol. The average molecular weight is 380 g/mol. The molecule has 0 amide bonds. The van der Waals surface area contributed by atoms with Gasteiger partial charge in [0.25, 0.3) is 0 Å². The maximum absolute atomic E-state index is 14.1. The molecule has 4 rings (SSSR count). The highest BCUT2D eigenvalue weighted by atomic mass is 19.1. The fraction of sp³-hybridized carbons (Fsp3) is 0.0556. The minimum atomic E-state index is -0.808. The number of rotatable bonds is 4. The first kappa shape index (κ1) is 17.3. The van der Waals surface area contributed by atoms with Crippen molar-refractivity contribution in [1.82, 2.24) is 19.2 Å². The molecule has 10 heteroatoms. The van der Waals surface area contributed by atoms with Crippen molar-refractivity contribution in [1.29, 1.82) is 0 Å². The van der Waals surface area contributed by atoms with E-state index in [-0.39, 0.29) is 17.2 Å². The van der Waals surface area contributed by atoms with E-state index < -0.39 is 22.0 Å². The minimum absolute atomic E-state index is 0.211. The van der Waals surface area contributed by atoms with E-state index in [0.29, 0.717) is 11.4 Å². The van der Waals surface area contributed by atoms with Crippen LogP contribution in [0.1, 0.15) is 5.69 Å². The first-order valence-electron chi connectivity index (χ1n) is 8.19. The first-order chi connectivity index (χ1) is 13.5. The van der Waals surface area contributed by atoms with Crippen LogP contribution in [0.15, 0.2) is 59.7 Å². The topological polar surface area (TPSA) is 107 Å². The highest BCUT2D eigenvalue weighted by Crippen LogP contribution is 2.26. The molecule has 0 aliphatic rings. The summed E-state index contributed by atoms with van der Waals surface area (Å²) < 4.78 is 16.5. The molecule has 0 saturated carbocycles. The summed E-state index contributed by atoms with van der Waals surface area (Å²) in [6.07, 6.45) is 2.79. The van der Waals surface area contributed by atoms with Crippen LogP contribution < -0.4 is 10.9 Å². The van der Waals surface area contributed by atoms with Gasteiger partial charge < -0.3 is 5.32 Å². The lowest BCUT2D eigenvalue weighted by molar-refractivity contribution is -0.385. The molecule has 0 unspecified atom stereocenters. The van der Waals surface area contributed by atoms with E-state index in [1.54, 1.807) is 43.3 Å². The zero-order valence-electron chi connectivity index (χ0n) is 14.5. The molecule has 3 heterocycles. The molecule has 9 nitrogen and oxygen atoms in total. The van der Waals surface area contributed by atoms with Crippen LogP contribution in [0.4, 0.5) is 21.6 Å². The van der Waals surface area contributed by atoms with E-state index in [1.165, 1.54) is 23.1 Å². The maximum Gasteiger partial charge on any atom is 0.376 e. The van der Waals surface area contributed by atoms with E-state index in [0.717, 1.165) is 4.40 Å². The number of anilines is 2. The molecule has 4 aromatic rings. The molecule has 0 aliphatic heterocycles. The van der Waals surface area contributed by atoms with Crippen molar-refractivity contribution in [3.63, 3.8) is 0 Å². The number of nitrogens with one attached hydrogen (secondary N) is 1. The second-order valence-electron chi connectivity index (χ2n) is 5.93. The van der Waals surface area contributed by atoms with E-state index in [1.807, 2.05) is 0 Å². The van der Waals surface area contributed by atoms with Gasteiger partial charge in [0.15, 0.2) is 0 Å². The third kappa shape index (κ3) is 2.76. The molecular weight excluding hydrogens is 367 g/mol. The van der Waals surface area contributed by atoms with Gasteiger partial charge in [-0.1, -0.05) is 18.2 Å². The molecule has 3 aromatic heterocycles. The number of fused-ring (bicyclic) bond motifs is 1. The van der Waals surface area contributed by atoms with Gasteiger partial charge in [-0.3, -0.25) is 19.3 Å². The summed E-state index contributed by atoms with van der Waals surface area (Å²) in [6, 6.07) is 10.9. The largest absolute Gasteiger partial charge is 0.376 e. The van der Waals surface area contributed by atoms with Gasteiger partial charge in [0.1, 0.15) is 17.2 Å². The third-order valence-electron chi connectivity index (χ3n) is 4.24. The van der Waals surface area contributed by atoms with Crippen molar-refractivity contribution in [2.45, 2.75) is 6.92 Å². The third-order valence-corrected chi connectivity index (χ3v) is 4.24. The Morgan fingerprint density at radius 1 is 1.18 bits per heavy atom. The Kier molecular flexibility index (Phi) is 4.07. The lowest BCUT2D eigenvalue weighted by Gasteiger charge is -2.09. The lowest BCUT2D eigenvalue weighted by atomic mass is 10.3. The van der Waals surface area contributed by atoms with Crippen molar-refractivity contribution in [2.75, 3.05) is 5.32 Å². The van der Waals surface area contributed by atoms with Crippen LogP contribution in [0.5, 0.6) is 0 Å². The quantitative estimate of drug-likeness (QED) is 0.431. The minimum Gasteiger partial charge on any atom is -0.331 e. The molecule has 0 bridgehead atoms. The molecule has 0 saturated heterocycles. The summed E-state index contributed by atoms with van der Waals surface area (Å²) in [4.78, 5) is 27.4. The van der Waals surface area contributed by atoms with Crippen LogP contribution in [-0.4, -0.2) is 24.1 Å². The van der Waals surface area contributed by atoms with Crippen molar-refractivity contribution in [2.24, 2.45) is 0 Å². The van der Waals surface area contributed by atoms with Gasteiger partial charge in [-0.25, -0.2) is 14.1 Å². The standard InChI is InChI=1S/C18H13FN6O3/c1-11-13(10-20-24(11)14-7-3-2-6-12(14)19)21-17-16(25(27)28)18(26)23-9-5-4-8-15(23)22-17/h2-10,21H,1H3. The maximum atomic E-state index is 14.1. The average Bonchev–Trinajstić information content (AvgIpc) is 3.02. The number of nitro groups is 1. The Morgan fingerprint density at radius 2 is 1.93 bits per heavy atom. The molecule has 28 heavy (non-hydrogen) atoms. The molecule has 1 aromatic carbocycles. The number of benzene rings is 1. The predicted octanol–water partition coefficient (Wildman–Crippen LogP) is 2.98. The first-order valence-corrected chi connectivity index (χ1v) is 8.19. The van der Waals surface area contributed by atoms with Crippen LogP contribution in [0.3, 0.4) is 0 Å². The summed E-state index contributed by atoms with van der Waals surface area (Å²) in [7, 11) is 0. The van der Waals surface area contributed by atoms with E-state index in [9.17, 15) is 19.3 Å². The smallest absolute Gasteiger partial charge is 0.331 e. The van der Waals surface area contributed by atoms with Crippen molar-refractivity contribution < 1.29 is 9.31 Å². The number of halogens is 1. The van der Waals surface area contributed by atoms with Gasteiger partial charge in [-0.15, -0.1) is 0 Å². The molecule has 0 aliphatic carbocycles. The molecule has 140 valence electrons. The van der Waals surface area contributed by atoms with Crippen molar-refractivity contribution in [3.8, 4) is 5.69 Å². The highest BCUT2D eigenvalue weighted by molar-refractivity contribution is 5.68. The van der Waals surface area contributed by atoms with E-state index >= 15 is 0 Å². The number of nitrogens with zero attached hydrogens (tertiary/aromatic N) is 5. The van der Waals surface area contributed by atoms with Crippen LogP contribution in [0.25, 0.3) is 11.3 Å². The molecule has 0 radical (unpaired) electrons. The lowest BCUT2D eigenvalue weighted by Crippen LogP contribution is -2.20. The van der Waals surface area contributed by atoms with Gasteiger partial charge >= 0.3 is 11.2 Å². The van der Waals surface area contributed by atoms with Crippen molar-refractivity contribution >= 4 is 22.8 Å². The molecular formula is C18H13FN6O3. The number of hydrogen-bond donors (Lipinski definition) is 1. The fourth-order valence-corrected chi connectivity index (χ4v) is 2.86. The molecule has 1 N–H and O–H groups in total. The van der Waals surface area contributed by atoms with Gasteiger partial charge in [0, 0.05) is 6.20 Å². The second-order valence-corrected chi connectivity index (χ2v) is 5.93. The Balaban J connectivity index is 1.83. The van der Waals surface area contributed by atoms with Crippen LogP contribution >= 0.6 is 0 Å². The van der Waals surface area contributed by atoms with Crippen LogP contribution in [0.2, 0.25) is 0 Å². The number of para-hydroxylation sites is 1. The number of hydrogen-bond acceptors (Lipinski definition) is 6. The van der Waals surface area contributed by atoms with Crippen LogP contribution in [0, 0.1) is 22.9 Å². The van der Waals surface area contributed by atoms with E-state index in [2.05, 4.69) is 15.4 Å². The summed E-state index contributed by atoms with van der Waals surface area (Å²) in [5.74, 6) is -0.675. The number of pyridine rings is 1. The highest BCUT2D eigenvalue weighted by Gasteiger charge is 2.24. The Hall–Kier alpha value is -4.08. The Labute approximate surface area is 156 Å². The Bertz CT molecular complexity index is 1280. The summed E-state index contributed by atoms with van der Waals surface area (Å²) in [5, 5.41) is 18.4. The Morgan fingerprint density at radius 3 is 2.68 bits per heavy atom.